The van der Waals surface area contributed by atoms with Crippen LogP contribution in [-0.4, -0.2) is 57.1 Å². The Balaban J connectivity index is 2.21. The molecule has 0 aromatic rings. The lowest BCUT2D eigenvalue weighted by Gasteiger charge is -2.30. The molecule has 0 aromatic heterocycles. The van der Waals surface area contributed by atoms with Crippen LogP contribution in [0.15, 0.2) is 0 Å². The zero-order valence-electron chi connectivity index (χ0n) is 12.0. The first-order chi connectivity index (χ1) is 8.79. The van der Waals surface area contributed by atoms with Gasteiger partial charge in [-0.2, -0.15) is 0 Å². The van der Waals surface area contributed by atoms with Crippen molar-refractivity contribution in [2.45, 2.75) is 32.7 Å². The number of nitrogens with zero attached hydrogens (tertiary/aromatic N) is 1. The second-order valence-electron chi connectivity index (χ2n) is 5.52. The highest BCUT2D eigenvalue weighted by Gasteiger charge is 2.24. The number of sulfonamides is 1. The quantitative estimate of drug-likeness (QED) is 0.709. The summed E-state index contributed by atoms with van der Waals surface area (Å²) in [6, 6.07) is 0.225. The van der Waals surface area contributed by atoms with Crippen molar-refractivity contribution in [3.05, 3.63) is 0 Å². The molecule has 112 valence electrons. The predicted octanol–water partition coefficient (Wildman–Crippen LogP) is -0.228. The number of nitrogens with one attached hydrogen (secondary N) is 2. The van der Waals surface area contributed by atoms with Gasteiger partial charge in [0, 0.05) is 25.7 Å². The highest BCUT2D eigenvalue weighted by Crippen LogP contribution is 2.12. The average Bonchev–Trinajstić information content (AvgIpc) is 2.33. The molecule has 0 radical (unpaired) electrons. The Morgan fingerprint density at radius 2 is 1.89 bits per heavy atom. The first-order valence-corrected chi connectivity index (χ1v) is 8.59. The van der Waals surface area contributed by atoms with Crippen LogP contribution in [0, 0.1) is 5.92 Å². The van der Waals surface area contributed by atoms with Gasteiger partial charge in [-0.3, -0.25) is 4.79 Å². The lowest BCUT2D eigenvalue weighted by atomic mass is 10.1. The monoisotopic (exact) mass is 291 g/mol. The molecule has 1 fully saturated rings. The van der Waals surface area contributed by atoms with Gasteiger partial charge in [0.25, 0.3) is 0 Å². The molecule has 1 aliphatic rings. The van der Waals surface area contributed by atoms with Gasteiger partial charge < -0.3 is 10.6 Å². The normalized spacial score (nSPS) is 18.7. The maximum atomic E-state index is 11.5. The van der Waals surface area contributed by atoms with E-state index >= 15 is 0 Å². The van der Waals surface area contributed by atoms with Crippen molar-refractivity contribution >= 4 is 15.9 Å². The topological polar surface area (TPSA) is 78.5 Å². The van der Waals surface area contributed by atoms with E-state index in [1.54, 1.807) is 0 Å². The van der Waals surface area contributed by atoms with E-state index in [1.165, 1.54) is 10.6 Å². The number of carbonyl (C=O) groups excluding carboxylic acids is 1. The van der Waals surface area contributed by atoms with Gasteiger partial charge in [-0.25, -0.2) is 12.7 Å². The third-order valence-corrected chi connectivity index (χ3v) is 4.48. The molecule has 1 amide bonds. The van der Waals surface area contributed by atoms with Crippen LogP contribution in [0.5, 0.6) is 0 Å². The van der Waals surface area contributed by atoms with Crippen LogP contribution >= 0.6 is 0 Å². The summed E-state index contributed by atoms with van der Waals surface area (Å²) in [5.74, 6) is 0.446. The largest absolute Gasteiger partial charge is 0.355 e. The SMILES string of the molecule is CC(C)CNC(=O)CNC1CCN(S(C)(=O)=O)CC1. The molecule has 2 N–H and O–H groups in total. The Labute approximate surface area is 116 Å². The minimum absolute atomic E-state index is 0.000701. The predicted molar refractivity (Wildman–Crippen MR) is 75.3 cm³/mol. The molecular weight excluding hydrogens is 266 g/mol. The molecule has 0 bridgehead atoms. The molecular formula is C12H25N3O3S. The lowest BCUT2D eigenvalue weighted by molar-refractivity contribution is -0.120. The fourth-order valence-corrected chi connectivity index (χ4v) is 2.88. The van der Waals surface area contributed by atoms with E-state index in [-0.39, 0.29) is 11.9 Å². The highest BCUT2D eigenvalue weighted by atomic mass is 32.2. The summed E-state index contributed by atoms with van der Waals surface area (Å²) in [7, 11) is -3.07. The molecule has 7 heteroatoms. The molecule has 6 nitrogen and oxygen atoms in total. The second-order valence-corrected chi connectivity index (χ2v) is 7.50. The van der Waals surface area contributed by atoms with Crippen LogP contribution in [0.4, 0.5) is 0 Å². The van der Waals surface area contributed by atoms with Gasteiger partial charge in [0.05, 0.1) is 12.8 Å². The molecule has 0 saturated carbocycles. The van der Waals surface area contributed by atoms with Crippen LogP contribution in [-0.2, 0) is 14.8 Å². The summed E-state index contributed by atoms with van der Waals surface area (Å²) in [4.78, 5) is 11.5. The highest BCUT2D eigenvalue weighted by molar-refractivity contribution is 7.88. The molecule has 1 saturated heterocycles. The number of piperidine rings is 1. The minimum Gasteiger partial charge on any atom is -0.355 e. The molecule has 19 heavy (non-hydrogen) atoms. The minimum atomic E-state index is -3.07. The summed E-state index contributed by atoms with van der Waals surface area (Å²) < 4.78 is 24.2. The van der Waals surface area contributed by atoms with Crippen LogP contribution in [0.1, 0.15) is 26.7 Å². The van der Waals surface area contributed by atoms with Crippen molar-refractivity contribution in [1.29, 1.82) is 0 Å². The number of rotatable bonds is 6. The molecule has 0 unspecified atom stereocenters. The fourth-order valence-electron chi connectivity index (χ4n) is 2.01. The van der Waals surface area contributed by atoms with Crippen LogP contribution in [0.3, 0.4) is 0 Å². The van der Waals surface area contributed by atoms with E-state index < -0.39 is 10.0 Å². The van der Waals surface area contributed by atoms with E-state index in [0.29, 0.717) is 32.1 Å². The van der Waals surface area contributed by atoms with Gasteiger partial charge in [0.2, 0.25) is 15.9 Å². The van der Waals surface area contributed by atoms with Crippen molar-refractivity contribution in [3.63, 3.8) is 0 Å². The summed E-state index contributed by atoms with van der Waals surface area (Å²) in [6.45, 7) is 6.15. The van der Waals surface area contributed by atoms with E-state index in [9.17, 15) is 13.2 Å². The molecule has 1 heterocycles. The van der Waals surface area contributed by atoms with Gasteiger partial charge in [-0.05, 0) is 18.8 Å². The second kappa shape index (κ2) is 7.21. The van der Waals surface area contributed by atoms with Gasteiger partial charge in [-0.1, -0.05) is 13.8 Å². The molecule has 0 spiro atoms. The summed E-state index contributed by atoms with van der Waals surface area (Å²) in [5.41, 5.74) is 0. The smallest absolute Gasteiger partial charge is 0.233 e. The first kappa shape index (κ1) is 16.4. The van der Waals surface area contributed by atoms with Crippen LogP contribution in [0.25, 0.3) is 0 Å². The Kier molecular flexibility index (Phi) is 6.22. The summed E-state index contributed by atoms with van der Waals surface area (Å²) in [6.07, 6.45) is 2.75. The summed E-state index contributed by atoms with van der Waals surface area (Å²) >= 11 is 0. The van der Waals surface area contributed by atoms with Crippen LogP contribution < -0.4 is 10.6 Å². The van der Waals surface area contributed by atoms with E-state index in [0.717, 1.165) is 12.8 Å². The van der Waals surface area contributed by atoms with Gasteiger partial charge in [0.1, 0.15) is 0 Å². The van der Waals surface area contributed by atoms with Crippen molar-refractivity contribution in [2.24, 2.45) is 5.92 Å². The van der Waals surface area contributed by atoms with Gasteiger partial charge >= 0.3 is 0 Å². The summed E-state index contributed by atoms with van der Waals surface area (Å²) in [5, 5.41) is 6.03. The van der Waals surface area contributed by atoms with E-state index in [4.69, 9.17) is 0 Å². The fraction of sp³-hybridized carbons (Fsp3) is 0.917. The molecule has 0 aliphatic carbocycles. The zero-order valence-corrected chi connectivity index (χ0v) is 12.8. The Morgan fingerprint density at radius 3 is 2.37 bits per heavy atom. The maximum Gasteiger partial charge on any atom is 0.233 e. The van der Waals surface area contributed by atoms with Crippen molar-refractivity contribution in [2.75, 3.05) is 32.4 Å². The third-order valence-electron chi connectivity index (χ3n) is 3.18. The van der Waals surface area contributed by atoms with Crippen LogP contribution in [0.2, 0.25) is 0 Å². The van der Waals surface area contributed by atoms with Gasteiger partial charge in [0.15, 0.2) is 0 Å². The standard InChI is InChI=1S/C12H25N3O3S/c1-10(2)8-14-12(16)9-13-11-4-6-15(7-5-11)19(3,17)18/h10-11,13H,4-9H2,1-3H3,(H,14,16). The third kappa shape index (κ3) is 6.35. The number of hydrogen-bond acceptors (Lipinski definition) is 4. The Bertz CT molecular complexity index is 387. The number of carbonyl (C=O) groups is 1. The lowest BCUT2D eigenvalue weighted by Crippen LogP contribution is -2.47. The molecule has 0 atom stereocenters. The maximum absolute atomic E-state index is 11.5. The number of amides is 1. The average molecular weight is 291 g/mol. The zero-order chi connectivity index (χ0) is 14.5. The molecule has 1 rings (SSSR count). The Morgan fingerprint density at radius 1 is 1.32 bits per heavy atom. The van der Waals surface area contributed by atoms with Crippen molar-refractivity contribution in [1.82, 2.24) is 14.9 Å². The van der Waals surface area contributed by atoms with E-state index in [2.05, 4.69) is 24.5 Å². The Hall–Kier alpha value is -0.660. The number of hydrogen-bond donors (Lipinski definition) is 2. The van der Waals surface area contributed by atoms with Crippen molar-refractivity contribution in [3.8, 4) is 0 Å². The van der Waals surface area contributed by atoms with Gasteiger partial charge in [-0.15, -0.1) is 0 Å². The first-order valence-electron chi connectivity index (χ1n) is 6.74. The molecule has 0 aromatic carbocycles. The molecule has 1 aliphatic heterocycles. The van der Waals surface area contributed by atoms with Crippen molar-refractivity contribution < 1.29 is 13.2 Å². The van der Waals surface area contributed by atoms with E-state index in [1.807, 2.05) is 0 Å².